The van der Waals surface area contributed by atoms with Gasteiger partial charge in [0.25, 0.3) is 0 Å². The van der Waals surface area contributed by atoms with Crippen LogP contribution in [0.2, 0.25) is 0 Å². The minimum absolute atomic E-state index is 0.0489. The van der Waals surface area contributed by atoms with Crippen molar-refractivity contribution in [3.63, 3.8) is 0 Å². The summed E-state index contributed by atoms with van der Waals surface area (Å²) in [5.41, 5.74) is 9.07. The van der Waals surface area contributed by atoms with Gasteiger partial charge in [0.05, 0.1) is 11.6 Å². The van der Waals surface area contributed by atoms with Crippen molar-refractivity contribution < 1.29 is 33.1 Å². The molecule has 0 spiro atoms. The van der Waals surface area contributed by atoms with E-state index in [1.54, 1.807) is 41.5 Å². The predicted octanol–water partition coefficient (Wildman–Crippen LogP) is 1.34. The van der Waals surface area contributed by atoms with Crippen molar-refractivity contribution in [2.75, 3.05) is 6.54 Å². The van der Waals surface area contributed by atoms with E-state index < -0.39 is 45.7 Å². The SMILES string of the molecule is CC(C)(C)OC(=O)[N+]1(C(=O)OC(C)(C)C)C(=O)C=C(CC(N)CN)C1=O. The highest BCUT2D eigenvalue weighted by Gasteiger charge is 2.67. The second-order valence-electron chi connectivity index (χ2n) is 8.14. The highest BCUT2D eigenvalue weighted by Crippen LogP contribution is 2.31. The number of hydrogen-bond donors (Lipinski definition) is 2. The molecule has 1 heterocycles. The Hall–Kier alpha value is -2.10. The van der Waals surface area contributed by atoms with Gasteiger partial charge in [-0.15, -0.1) is 0 Å². The van der Waals surface area contributed by atoms with Crippen molar-refractivity contribution in [1.29, 1.82) is 0 Å². The Morgan fingerprint density at radius 1 is 1.04 bits per heavy atom. The summed E-state index contributed by atoms with van der Waals surface area (Å²) in [6.45, 7) is 9.40. The van der Waals surface area contributed by atoms with Crippen molar-refractivity contribution in [2.45, 2.75) is 65.2 Å². The van der Waals surface area contributed by atoms with E-state index in [1.165, 1.54) is 0 Å². The fourth-order valence-corrected chi connectivity index (χ4v) is 2.22. The summed E-state index contributed by atoms with van der Waals surface area (Å²) < 4.78 is 8.53. The quantitative estimate of drug-likeness (QED) is 0.560. The Morgan fingerprint density at radius 3 is 1.81 bits per heavy atom. The van der Waals surface area contributed by atoms with Gasteiger partial charge >= 0.3 is 24.0 Å². The molecule has 4 N–H and O–H groups in total. The standard InChI is InChI=1S/C17H28N3O6/c1-16(2,3)25-14(23)20(15(24)26-17(4,5)6)12(21)8-10(13(20)22)7-11(19)9-18/h8,11H,7,9,18-19H2,1-6H3/q+1. The van der Waals surface area contributed by atoms with Gasteiger partial charge < -0.3 is 20.9 Å². The van der Waals surface area contributed by atoms with Crippen LogP contribution in [0.15, 0.2) is 11.6 Å². The molecule has 1 aliphatic rings. The summed E-state index contributed by atoms with van der Waals surface area (Å²) in [6, 6.07) is -0.602. The lowest BCUT2D eigenvalue weighted by molar-refractivity contribution is -0.627. The molecule has 4 amide bonds. The van der Waals surface area contributed by atoms with Gasteiger partial charge in [0.2, 0.25) is 0 Å². The number of imide groups is 6. The zero-order chi connectivity index (χ0) is 20.5. The molecule has 9 heteroatoms. The molecule has 0 fully saturated rings. The second-order valence-corrected chi connectivity index (χ2v) is 8.14. The van der Waals surface area contributed by atoms with Gasteiger partial charge in [-0.05, 0) is 48.0 Å². The van der Waals surface area contributed by atoms with Crippen LogP contribution in [-0.2, 0) is 19.1 Å². The third-order valence-corrected chi connectivity index (χ3v) is 3.33. The molecule has 0 aromatic heterocycles. The van der Waals surface area contributed by atoms with Crippen LogP contribution in [0.3, 0.4) is 0 Å². The minimum Gasteiger partial charge on any atom is -0.413 e. The molecule has 0 saturated heterocycles. The van der Waals surface area contributed by atoms with Crippen LogP contribution >= 0.6 is 0 Å². The van der Waals surface area contributed by atoms with Crippen molar-refractivity contribution in [3.05, 3.63) is 11.6 Å². The Bertz CT molecular complexity index is 626. The average Bonchev–Trinajstić information content (AvgIpc) is 2.66. The number of carbonyl (C=O) groups is 4. The van der Waals surface area contributed by atoms with Gasteiger partial charge in [-0.25, -0.2) is 9.59 Å². The second kappa shape index (κ2) is 7.26. The topological polar surface area (TPSA) is 139 Å². The molecule has 1 rings (SSSR count). The van der Waals surface area contributed by atoms with Crippen LogP contribution in [0.25, 0.3) is 0 Å². The molecule has 9 nitrogen and oxygen atoms in total. The first kappa shape index (κ1) is 21.9. The lowest BCUT2D eigenvalue weighted by Crippen LogP contribution is -2.63. The third kappa shape index (κ3) is 4.54. The minimum atomic E-state index is -1.83. The Morgan fingerprint density at radius 2 is 1.46 bits per heavy atom. The fraction of sp³-hybridized carbons (Fsp3) is 0.647. The normalized spacial score (nSPS) is 18.4. The van der Waals surface area contributed by atoms with E-state index in [1.807, 2.05) is 0 Å². The Labute approximate surface area is 152 Å². The molecule has 0 radical (unpaired) electrons. The van der Waals surface area contributed by atoms with E-state index >= 15 is 0 Å². The smallest absolute Gasteiger partial charge is 0.413 e. The van der Waals surface area contributed by atoms with Crippen LogP contribution < -0.4 is 11.5 Å². The molecule has 0 aromatic carbocycles. The molecule has 0 saturated carbocycles. The number of quaternary nitrogens is 1. The predicted molar refractivity (Wildman–Crippen MR) is 92.5 cm³/mol. The number of carbonyl (C=O) groups excluding carboxylic acids is 4. The van der Waals surface area contributed by atoms with E-state index in [4.69, 9.17) is 20.9 Å². The Balaban J connectivity index is 3.39. The molecule has 1 unspecified atom stereocenters. The maximum Gasteiger partial charge on any atom is 0.543 e. The molecule has 146 valence electrons. The number of hydrogen-bond acceptors (Lipinski definition) is 8. The monoisotopic (exact) mass is 370 g/mol. The molecular weight excluding hydrogens is 342 g/mol. The van der Waals surface area contributed by atoms with Gasteiger partial charge in [-0.2, -0.15) is 9.59 Å². The maximum atomic E-state index is 12.9. The first-order valence-corrected chi connectivity index (χ1v) is 8.27. The van der Waals surface area contributed by atoms with Gasteiger partial charge in [0.1, 0.15) is 11.2 Å². The van der Waals surface area contributed by atoms with Gasteiger partial charge in [-0.3, -0.25) is 0 Å². The molecule has 0 bridgehead atoms. The summed E-state index contributed by atoms with van der Waals surface area (Å²) >= 11 is 0. The van der Waals surface area contributed by atoms with Crippen LogP contribution in [0.4, 0.5) is 9.59 Å². The number of ether oxygens (including phenoxy) is 2. The summed E-state index contributed by atoms with van der Waals surface area (Å²) in [7, 11) is 0. The highest BCUT2D eigenvalue weighted by molar-refractivity contribution is 6.19. The first-order valence-electron chi connectivity index (χ1n) is 8.27. The molecule has 0 aliphatic carbocycles. The lowest BCUT2D eigenvalue weighted by atomic mass is 10.1. The maximum absolute atomic E-state index is 12.9. The van der Waals surface area contributed by atoms with Crippen LogP contribution in [0.1, 0.15) is 48.0 Å². The zero-order valence-electron chi connectivity index (χ0n) is 16.1. The summed E-state index contributed by atoms with van der Waals surface area (Å²) in [5.74, 6) is -2.07. The lowest BCUT2D eigenvalue weighted by Gasteiger charge is -2.28. The first-order chi connectivity index (χ1) is 11.6. The molecular formula is C17H28N3O6+. The number of nitrogens with zero attached hydrogens (tertiary/aromatic N) is 1. The number of nitrogens with two attached hydrogens (primary N) is 2. The molecule has 0 aromatic rings. The summed E-state index contributed by atoms with van der Waals surface area (Å²) in [5, 5.41) is 0. The van der Waals surface area contributed by atoms with Crippen molar-refractivity contribution in [1.82, 2.24) is 0 Å². The van der Waals surface area contributed by atoms with Crippen molar-refractivity contribution >= 4 is 24.0 Å². The van der Waals surface area contributed by atoms with Gasteiger partial charge in [0, 0.05) is 17.1 Å². The summed E-state index contributed by atoms with van der Waals surface area (Å²) in [4.78, 5) is 51.1. The van der Waals surface area contributed by atoms with Crippen LogP contribution in [0.5, 0.6) is 0 Å². The highest BCUT2D eigenvalue weighted by atomic mass is 16.6. The van der Waals surface area contributed by atoms with E-state index in [0.29, 0.717) is 0 Å². The van der Waals surface area contributed by atoms with Crippen molar-refractivity contribution in [2.24, 2.45) is 11.5 Å². The van der Waals surface area contributed by atoms with Gasteiger partial charge in [-0.1, -0.05) is 0 Å². The van der Waals surface area contributed by atoms with E-state index in [-0.39, 0.29) is 18.5 Å². The third-order valence-electron chi connectivity index (χ3n) is 3.33. The number of rotatable bonds is 3. The average molecular weight is 370 g/mol. The molecule has 26 heavy (non-hydrogen) atoms. The zero-order valence-corrected chi connectivity index (χ0v) is 16.1. The van der Waals surface area contributed by atoms with E-state index in [2.05, 4.69) is 0 Å². The fourth-order valence-electron chi connectivity index (χ4n) is 2.22. The van der Waals surface area contributed by atoms with Crippen LogP contribution in [-0.4, -0.2) is 52.3 Å². The molecule has 1 aliphatic heterocycles. The Kier molecular flexibility index (Phi) is 6.13. The van der Waals surface area contributed by atoms with Crippen molar-refractivity contribution in [3.8, 4) is 0 Å². The van der Waals surface area contributed by atoms with E-state index in [0.717, 1.165) is 6.08 Å². The largest absolute Gasteiger partial charge is 0.543 e. The van der Waals surface area contributed by atoms with E-state index in [9.17, 15) is 19.2 Å². The van der Waals surface area contributed by atoms with Crippen LogP contribution in [0, 0.1) is 0 Å². The number of amides is 4. The van der Waals surface area contributed by atoms with Gasteiger partial charge in [0.15, 0.2) is 0 Å². The summed E-state index contributed by atoms with van der Waals surface area (Å²) in [6.07, 6.45) is -1.73. The molecule has 1 atom stereocenters.